The number of hydrogen-bond donors (Lipinski definition) is 1. The molecule has 0 saturated carbocycles. The number of fused-ring (bicyclic) bond motifs is 2. The van der Waals surface area contributed by atoms with Crippen LogP contribution in [-0.2, 0) is 7.05 Å². The van der Waals surface area contributed by atoms with Crippen LogP contribution in [0.1, 0.15) is 29.6 Å². The van der Waals surface area contributed by atoms with Gasteiger partial charge in [-0.1, -0.05) is 23.2 Å². The molecular formula is C18H17Cl2N5O. The van der Waals surface area contributed by atoms with Crippen molar-refractivity contribution in [3.63, 3.8) is 0 Å². The summed E-state index contributed by atoms with van der Waals surface area (Å²) < 4.78 is 1.69. The molecule has 2 bridgehead atoms. The molecule has 0 spiro atoms. The second kappa shape index (κ2) is 6.49. The number of nitriles is 1. The highest BCUT2D eigenvalue weighted by atomic mass is 35.5. The molecule has 1 amide bonds. The maximum atomic E-state index is 12.8. The topological polar surface area (TPSA) is 74.0 Å². The van der Waals surface area contributed by atoms with E-state index in [1.54, 1.807) is 21.7 Å². The zero-order chi connectivity index (χ0) is 18.4. The number of carbonyl (C=O) groups excluding carboxylic acids is 1. The minimum absolute atomic E-state index is 0.0523. The molecule has 1 N–H and O–H groups in total. The molecule has 2 saturated heterocycles. The highest BCUT2D eigenvalue weighted by Gasteiger charge is 2.46. The fourth-order valence-electron chi connectivity index (χ4n) is 4.05. The van der Waals surface area contributed by atoms with Crippen LogP contribution in [0.2, 0.25) is 10.0 Å². The highest BCUT2D eigenvalue weighted by molar-refractivity contribution is 6.40. The van der Waals surface area contributed by atoms with Crippen molar-refractivity contribution in [2.75, 3.05) is 0 Å². The summed E-state index contributed by atoms with van der Waals surface area (Å²) in [6.45, 7) is 0. The van der Waals surface area contributed by atoms with Crippen molar-refractivity contribution in [1.82, 2.24) is 20.0 Å². The fourth-order valence-corrected chi connectivity index (χ4v) is 4.71. The Kier molecular flexibility index (Phi) is 4.29. The van der Waals surface area contributed by atoms with E-state index in [-0.39, 0.29) is 39.6 Å². The van der Waals surface area contributed by atoms with Gasteiger partial charge in [0, 0.05) is 24.8 Å². The molecule has 26 heavy (non-hydrogen) atoms. The molecule has 3 atom stereocenters. The summed E-state index contributed by atoms with van der Waals surface area (Å²) in [5.41, 5.74) is 1.76. The molecule has 2 fully saturated rings. The van der Waals surface area contributed by atoms with Gasteiger partial charge in [0.15, 0.2) is 6.19 Å². The standard InChI is InChI=1S/C18H17Cl2N5O/c1-24-5-4-14(23-24)10-6-12(19)17(13(20)7-10)18(26)22-15-8-11-2-3-16(15)25(11)9-21/h4-7,11,15-16H,2-3,8H2,1H3,(H,22,26)/t11-,15+,16+/m0/s1. The molecule has 2 aromatic rings. The monoisotopic (exact) mass is 389 g/mol. The number of aromatic nitrogens is 2. The van der Waals surface area contributed by atoms with E-state index in [1.807, 2.05) is 19.3 Å². The predicted octanol–water partition coefficient (Wildman–Crippen LogP) is 3.21. The van der Waals surface area contributed by atoms with Crippen LogP contribution in [0.15, 0.2) is 24.4 Å². The van der Waals surface area contributed by atoms with Crippen LogP contribution in [0, 0.1) is 11.5 Å². The average Bonchev–Trinajstić information content (AvgIpc) is 3.27. The lowest BCUT2D eigenvalue weighted by atomic mass is 9.95. The maximum absolute atomic E-state index is 12.8. The first-order valence-electron chi connectivity index (χ1n) is 8.46. The number of carbonyl (C=O) groups is 1. The smallest absolute Gasteiger partial charge is 0.254 e. The van der Waals surface area contributed by atoms with Crippen LogP contribution in [0.25, 0.3) is 11.3 Å². The van der Waals surface area contributed by atoms with Crippen LogP contribution >= 0.6 is 23.2 Å². The molecule has 6 nitrogen and oxygen atoms in total. The summed E-state index contributed by atoms with van der Waals surface area (Å²) in [6, 6.07) is 5.50. The summed E-state index contributed by atoms with van der Waals surface area (Å²) in [5.74, 6) is -0.303. The van der Waals surface area contributed by atoms with Gasteiger partial charge in [0.05, 0.1) is 33.4 Å². The molecule has 2 aliphatic heterocycles. The molecule has 0 aliphatic carbocycles. The third-order valence-electron chi connectivity index (χ3n) is 5.25. The number of benzene rings is 1. The van der Waals surface area contributed by atoms with Gasteiger partial charge in [-0.05, 0) is 37.5 Å². The van der Waals surface area contributed by atoms with Gasteiger partial charge in [-0.3, -0.25) is 9.48 Å². The number of nitrogens with one attached hydrogen (secondary N) is 1. The second-order valence-electron chi connectivity index (χ2n) is 6.81. The molecule has 4 rings (SSSR count). The second-order valence-corrected chi connectivity index (χ2v) is 7.63. The Morgan fingerprint density at radius 3 is 2.65 bits per heavy atom. The van der Waals surface area contributed by atoms with E-state index in [0.717, 1.165) is 30.5 Å². The van der Waals surface area contributed by atoms with Gasteiger partial charge in [0.2, 0.25) is 0 Å². The summed E-state index contributed by atoms with van der Waals surface area (Å²) >= 11 is 12.7. The van der Waals surface area contributed by atoms with Gasteiger partial charge in [0.25, 0.3) is 5.91 Å². The van der Waals surface area contributed by atoms with Gasteiger partial charge in [0.1, 0.15) is 0 Å². The molecule has 1 aromatic carbocycles. The van der Waals surface area contributed by atoms with E-state index < -0.39 is 0 Å². The quantitative estimate of drug-likeness (QED) is 0.817. The van der Waals surface area contributed by atoms with Gasteiger partial charge >= 0.3 is 0 Å². The van der Waals surface area contributed by atoms with Crippen LogP contribution < -0.4 is 5.32 Å². The van der Waals surface area contributed by atoms with E-state index >= 15 is 0 Å². The normalized spacial score (nSPS) is 23.9. The van der Waals surface area contributed by atoms with Crippen LogP contribution in [-0.4, -0.2) is 38.7 Å². The molecule has 8 heteroatoms. The van der Waals surface area contributed by atoms with Crippen molar-refractivity contribution < 1.29 is 4.79 Å². The van der Waals surface area contributed by atoms with Gasteiger partial charge in [-0.25, -0.2) is 0 Å². The minimum Gasteiger partial charge on any atom is -0.347 e. The summed E-state index contributed by atoms with van der Waals surface area (Å²) in [6.07, 6.45) is 6.78. The van der Waals surface area contributed by atoms with Crippen molar-refractivity contribution in [1.29, 1.82) is 5.26 Å². The van der Waals surface area contributed by atoms with Gasteiger partial charge in [-0.15, -0.1) is 0 Å². The fraction of sp³-hybridized carbons (Fsp3) is 0.389. The maximum Gasteiger partial charge on any atom is 0.254 e. The number of amides is 1. The Labute approximate surface area is 161 Å². The molecule has 1 aromatic heterocycles. The van der Waals surface area contributed by atoms with Crippen LogP contribution in [0.3, 0.4) is 0 Å². The number of hydrogen-bond acceptors (Lipinski definition) is 4. The number of nitrogens with zero attached hydrogens (tertiary/aromatic N) is 4. The van der Waals surface area contributed by atoms with Crippen molar-refractivity contribution in [2.45, 2.75) is 37.4 Å². The third kappa shape index (κ3) is 2.81. The Morgan fingerprint density at radius 1 is 1.35 bits per heavy atom. The molecular weight excluding hydrogens is 373 g/mol. The van der Waals surface area contributed by atoms with Crippen molar-refractivity contribution in [3.8, 4) is 17.5 Å². The highest BCUT2D eigenvalue weighted by Crippen LogP contribution is 2.38. The number of aryl methyl sites for hydroxylation is 1. The van der Waals surface area contributed by atoms with Gasteiger partial charge in [-0.2, -0.15) is 10.4 Å². The van der Waals surface area contributed by atoms with Gasteiger partial charge < -0.3 is 10.2 Å². The lowest BCUT2D eigenvalue weighted by molar-refractivity contribution is 0.0928. The zero-order valence-electron chi connectivity index (χ0n) is 14.1. The minimum atomic E-state index is -0.303. The first-order chi connectivity index (χ1) is 12.5. The lowest BCUT2D eigenvalue weighted by Gasteiger charge is -2.22. The molecule has 3 heterocycles. The summed E-state index contributed by atoms with van der Waals surface area (Å²) in [4.78, 5) is 14.6. The van der Waals surface area contributed by atoms with Crippen LogP contribution in [0.4, 0.5) is 0 Å². The number of halogens is 2. The molecule has 0 unspecified atom stereocenters. The Balaban J connectivity index is 1.56. The van der Waals surface area contributed by atoms with Crippen molar-refractivity contribution >= 4 is 29.1 Å². The SMILES string of the molecule is Cn1ccc(-c2cc(Cl)c(C(=O)N[C@@H]3C[C@@H]4CC[C@H]3N4C#N)c(Cl)c2)n1. The zero-order valence-corrected chi connectivity index (χ0v) is 15.6. The van der Waals surface area contributed by atoms with Crippen LogP contribution in [0.5, 0.6) is 0 Å². The molecule has 0 radical (unpaired) electrons. The van der Waals surface area contributed by atoms with E-state index in [9.17, 15) is 10.1 Å². The predicted molar refractivity (Wildman–Crippen MR) is 98.8 cm³/mol. The lowest BCUT2D eigenvalue weighted by Crippen LogP contribution is -2.43. The first-order valence-corrected chi connectivity index (χ1v) is 9.21. The molecule has 134 valence electrons. The summed E-state index contributed by atoms with van der Waals surface area (Å²) in [5, 5.41) is 17.2. The Hall–Kier alpha value is -2.23. The largest absolute Gasteiger partial charge is 0.347 e. The summed E-state index contributed by atoms with van der Waals surface area (Å²) in [7, 11) is 1.83. The number of rotatable bonds is 3. The third-order valence-corrected chi connectivity index (χ3v) is 5.84. The van der Waals surface area contributed by atoms with E-state index in [2.05, 4.69) is 16.6 Å². The van der Waals surface area contributed by atoms with E-state index in [0.29, 0.717) is 0 Å². The molecule has 2 aliphatic rings. The first kappa shape index (κ1) is 17.2. The average molecular weight is 390 g/mol. The van der Waals surface area contributed by atoms with Crippen molar-refractivity contribution in [3.05, 3.63) is 40.0 Å². The van der Waals surface area contributed by atoms with Crippen molar-refractivity contribution in [2.24, 2.45) is 7.05 Å². The van der Waals surface area contributed by atoms with E-state index in [1.165, 1.54) is 0 Å². The Morgan fingerprint density at radius 2 is 2.08 bits per heavy atom. The Bertz CT molecular complexity index is 896. The van der Waals surface area contributed by atoms with E-state index in [4.69, 9.17) is 23.2 Å².